The fraction of sp³-hybridized carbons (Fsp3) is 0.385. The van der Waals surface area contributed by atoms with Crippen LogP contribution in [0, 0.1) is 6.92 Å². The number of hydrogen-bond donors (Lipinski definition) is 1. The van der Waals surface area contributed by atoms with Gasteiger partial charge in [0.25, 0.3) is 0 Å². The number of nitrogens with one attached hydrogen (secondary N) is 1. The summed E-state index contributed by atoms with van der Waals surface area (Å²) in [4.78, 5) is 4.13. The van der Waals surface area contributed by atoms with E-state index in [4.69, 9.17) is 4.74 Å². The van der Waals surface area contributed by atoms with Gasteiger partial charge >= 0.3 is 0 Å². The van der Waals surface area contributed by atoms with Crippen LogP contribution in [-0.2, 0) is 17.8 Å². The number of aromatic nitrogens is 3. The molecule has 1 N–H and O–H groups in total. The first-order valence-electron chi connectivity index (χ1n) is 5.94. The van der Waals surface area contributed by atoms with Crippen molar-refractivity contribution in [2.45, 2.75) is 20.0 Å². The minimum atomic E-state index is 0.669. The van der Waals surface area contributed by atoms with Crippen molar-refractivity contribution in [3.8, 4) is 0 Å². The smallest absolute Gasteiger partial charge is 0.0729 e. The first kappa shape index (κ1) is 12.6. The minimum Gasteiger partial charge on any atom is -0.383 e. The Balaban J connectivity index is 1.90. The van der Waals surface area contributed by atoms with E-state index in [0.717, 1.165) is 18.8 Å². The van der Waals surface area contributed by atoms with Crippen LogP contribution in [0.15, 0.2) is 30.9 Å². The molecule has 0 aliphatic heterocycles. The molecular weight excluding hydrogens is 228 g/mol. The average molecular weight is 246 g/mol. The van der Waals surface area contributed by atoms with Crippen molar-refractivity contribution in [2.75, 3.05) is 19.0 Å². The normalized spacial score (nSPS) is 10.6. The zero-order valence-corrected chi connectivity index (χ0v) is 10.8. The predicted octanol–water partition coefficient (Wildman–Crippen LogP) is 1.85. The van der Waals surface area contributed by atoms with Crippen LogP contribution in [-0.4, -0.2) is 28.5 Å². The first-order chi connectivity index (χ1) is 8.79. The highest BCUT2D eigenvalue weighted by Gasteiger charge is 2.00. The van der Waals surface area contributed by atoms with Crippen molar-refractivity contribution in [1.29, 1.82) is 0 Å². The third-order valence-electron chi connectivity index (χ3n) is 2.79. The molecule has 0 fully saturated rings. The van der Waals surface area contributed by atoms with Crippen LogP contribution in [0.4, 0.5) is 5.69 Å². The Morgan fingerprint density at radius 2 is 2.28 bits per heavy atom. The number of anilines is 1. The van der Waals surface area contributed by atoms with E-state index in [2.05, 4.69) is 22.3 Å². The van der Waals surface area contributed by atoms with Gasteiger partial charge in [0.05, 0.1) is 25.0 Å². The van der Waals surface area contributed by atoms with Gasteiger partial charge in [-0.1, -0.05) is 0 Å². The molecule has 0 amide bonds. The average Bonchev–Trinajstić information content (AvgIpc) is 2.83. The third kappa shape index (κ3) is 3.30. The van der Waals surface area contributed by atoms with Crippen LogP contribution in [0.5, 0.6) is 0 Å². The molecule has 0 aromatic carbocycles. The Kier molecular flexibility index (Phi) is 4.30. The quantitative estimate of drug-likeness (QED) is 0.845. The molecule has 0 bridgehead atoms. The van der Waals surface area contributed by atoms with E-state index in [0.29, 0.717) is 6.61 Å². The lowest BCUT2D eigenvalue weighted by Gasteiger charge is -2.06. The van der Waals surface area contributed by atoms with Gasteiger partial charge in [-0.15, -0.1) is 0 Å². The summed E-state index contributed by atoms with van der Waals surface area (Å²) in [5.74, 6) is 0. The summed E-state index contributed by atoms with van der Waals surface area (Å²) in [6.45, 7) is 4.28. The summed E-state index contributed by atoms with van der Waals surface area (Å²) in [6, 6.07) is 2.01. The molecule has 0 spiro atoms. The van der Waals surface area contributed by atoms with E-state index in [1.165, 1.54) is 11.1 Å². The van der Waals surface area contributed by atoms with Gasteiger partial charge in [0.15, 0.2) is 0 Å². The molecule has 0 unspecified atom stereocenters. The minimum absolute atomic E-state index is 0.669. The molecule has 18 heavy (non-hydrogen) atoms. The zero-order valence-electron chi connectivity index (χ0n) is 10.8. The Morgan fingerprint density at radius 1 is 1.39 bits per heavy atom. The molecule has 5 nitrogen and oxygen atoms in total. The summed E-state index contributed by atoms with van der Waals surface area (Å²) in [5.41, 5.74) is 3.45. The molecule has 0 aliphatic rings. The molecule has 2 aromatic heterocycles. The topological polar surface area (TPSA) is 52.0 Å². The van der Waals surface area contributed by atoms with Gasteiger partial charge in [0.2, 0.25) is 0 Å². The number of hydrogen-bond acceptors (Lipinski definition) is 4. The molecule has 0 saturated heterocycles. The maximum Gasteiger partial charge on any atom is 0.0729 e. The van der Waals surface area contributed by atoms with Crippen molar-refractivity contribution >= 4 is 5.69 Å². The summed E-state index contributed by atoms with van der Waals surface area (Å²) in [7, 11) is 1.69. The fourth-order valence-electron chi connectivity index (χ4n) is 1.64. The second-order valence-electron chi connectivity index (χ2n) is 4.14. The molecule has 96 valence electrons. The van der Waals surface area contributed by atoms with Crippen LogP contribution in [0.1, 0.15) is 11.1 Å². The van der Waals surface area contributed by atoms with Crippen molar-refractivity contribution < 1.29 is 4.74 Å². The first-order valence-corrected chi connectivity index (χ1v) is 5.94. The van der Waals surface area contributed by atoms with E-state index in [1.807, 2.05) is 35.5 Å². The molecule has 0 atom stereocenters. The number of methoxy groups -OCH3 is 1. The van der Waals surface area contributed by atoms with Crippen molar-refractivity contribution in [3.05, 3.63) is 42.0 Å². The maximum absolute atomic E-state index is 5.01. The lowest BCUT2D eigenvalue weighted by atomic mass is 10.1. The molecule has 0 radical (unpaired) electrons. The van der Waals surface area contributed by atoms with Gasteiger partial charge in [-0.2, -0.15) is 5.10 Å². The number of nitrogens with zero attached hydrogens (tertiary/aromatic N) is 3. The van der Waals surface area contributed by atoms with Crippen LogP contribution in [0.2, 0.25) is 0 Å². The summed E-state index contributed by atoms with van der Waals surface area (Å²) >= 11 is 0. The summed E-state index contributed by atoms with van der Waals surface area (Å²) < 4.78 is 6.87. The maximum atomic E-state index is 5.01. The van der Waals surface area contributed by atoms with Crippen molar-refractivity contribution in [2.24, 2.45) is 0 Å². The highest BCUT2D eigenvalue weighted by Crippen LogP contribution is 2.10. The van der Waals surface area contributed by atoms with Gasteiger partial charge < -0.3 is 10.1 Å². The zero-order chi connectivity index (χ0) is 12.8. The SMILES string of the molecule is COCCn1cc(NCc2cnccc2C)cn1. The third-order valence-corrected chi connectivity index (χ3v) is 2.79. The monoisotopic (exact) mass is 246 g/mol. The molecule has 2 aromatic rings. The number of ether oxygens (including phenoxy) is 1. The summed E-state index contributed by atoms with van der Waals surface area (Å²) in [5, 5.41) is 7.58. The summed E-state index contributed by atoms with van der Waals surface area (Å²) in [6.07, 6.45) is 7.49. The van der Waals surface area contributed by atoms with E-state index in [-0.39, 0.29) is 0 Å². The van der Waals surface area contributed by atoms with E-state index in [9.17, 15) is 0 Å². The van der Waals surface area contributed by atoms with Gasteiger partial charge in [0, 0.05) is 32.2 Å². The Morgan fingerprint density at radius 3 is 3.06 bits per heavy atom. The van der Waals surface area contributed by atoms with E-state index < -0.39 is 0 Å². The second kappa shape index (κ2) is 6.16. The molecular formula is C13H18N4O. The number of rotatable bonds is 6. The molecule has 2 rings (SSSR count). The largest absolute Gasteiger partial charge is 0.383 e. The van der Waals surface area contributed by atoms with Crippen LogP contribution in [0.25, 0.3) is 0 Å². The van der Waals surface area contributed by atoms with Gasteiger partial charge in [-0.3, -0.25) is 9.67 Å². The molecule has 2 heterocycles. The van der Waals surface area contributed by atoms with Crippen LogP contribution in [0.3, 0.4) is 0 Å². The van der Waals surface area contributed by atoms with Crippen molar-refractivity contribution in [1.82, 2.24) is 14.8 Å². The van der Waals surface area contributed by atoms with E-state index >= 15 is 0 Å². The van der Waals surface area contributed by atoms with Crippen LogP contribution >= 0.6 is 0 Å². The Hall–Kier alpha value is -1.88. The van der Waals surface area contributed by atoms with Crippen molar-refractivity contribution in [3.63, 3.8) is 0 Å². The van der Waals surface area contributed by atoms with Gasteiger partial charge in [-0.05, 0) is 24.1 Å². The lowest BCUT2D eigenvalue weighted by molar-refractivity contribution is 0.183. The number of aryl methyl sites for hydroxylation is 1. The van der Waals surface area contributed by atoms with Crippen LogP contribution < -0.4 is 5.32 Å². The van der Waals surface area contributed by atoms with Gasteiger partial charge in [0.1, 0.15) is 0 Å². The lowest BCUT2D eigenvalue weighted by Crippen LogP contribution is -2.04. The standard InChI is InChI=1S/C13H18N4O/c1-11-3-4-14-7-12(11)8-15-13-9-16-17(10-13)5-6-18-2/h3-4,7,9-10,15H,5-6,8H2,1-2H3. The molecule has 5 heteroatoms. The predicted molar refractivity (Wildman–Crippen MR) is 70.4 cm³/mol. The second-order valence-corrected chi connectivity index (χ2v) is 4.14. The molecule has 0 aliphatic carbocycles. The Bertz CT molecular complexity index is 495. The Labute approximate surface area is 107 Å². The van der Waals surface area contributed by atoms with E-state index in [1.54, 1.807) is 7.11 Å². The fourth-order valence-corrected chi connectivity index (χ4v) is 1.64. The van der Waals surface area contributed by atoms with Gasteiger partial charge in [-0.25, -0.2) is 0 Å². The highest BCUT2D eigenvalue weighted by molar-refractivity contribution is 5.39. The molecule has 0 saturated carbocycles. The highest BCUT2D eigenvalue weighted by atomic mass is 16.5. The number of pyridine rings is 1.